The van der Waals surface area contributed by atoms with Crippen LogP contribution < -0.4 is 4.90 Å². The van der Waals surface area contributed by atoms with E-state index >= 15 is 0 Å². The number of aromatic nitrogens is 1. The Bertz CT molecular complexity index is 2850. The van der Waals surface area contributed by atoms with Crippen LogP contribution in [0.5, 0.6) is 0 Å². The number of hydrogen-bond acceptors (Lipinski definition) is 2. The molecule has 2 heterocycles. The third-order valence-electron chi connectivity index (χ3n) is 13.5. The van der Waals surface area contributed by atoms with E-state index in [-0.39, 0.29) is 0 Å². The quantitative estimate of drug-likeness (QED) is 0.173. The second-order valence-corrected chi connectivity index (χ2v) is 16.1. The molecule has 3 heteroatoms. The smallest absolute Gasteiger partial charge is 0.159 e. The van der Waals surface area contributed by atoms with Crippen molar-refractivity contribution in [3.05, 3.63) is 169 Å². The largest absolute Gasteiger partial charge is 0.454 e. The fraction of sp³-hybridized carbons (Fsp3) is 0.176. The second-order valence-electron chi connectivity index (χ2n) is 16.1. The number of rotatable bonds is 6. The maximum Gasteiger partial charge on any atom is 0.159 e. The maximum atomic E-state index is 6.68. The van der Waals surface area contributed by atoms with Crippen molar-refractivity contribution in [1.29, 1.82) is 0 Å². The van der Waals surface area contributed by atoms with Crippen molar-refractivity contribution in [2.75, 3.05) is 4.90 Å². The van der Waals surface area contributed by atoms with Crippen LogP contribution in [0.15, 0.2) is 168 Å². The Hall–Kier alpha value is -6.06. The summed E-state index contributed by atoms with van der Waals surface area (Å²) in [4.78, 5) is 2.43. The van der Waals surface area contributed by atoms with Gasteiger partial charge < -0.3 is 13.9 Å². The number of fused-ring (bicyclic) bond motifs is 6. The first kappa shape index (κ1) is 30.4. The van der Waals surface area contributed by atoms with Gasteiger partial charge in [0.1, 0.15) is 5.58 Å². The van der Waals surface area contributed by atoms with Gasteiger partial charge in [-0.2, -0.15) is 0 Å². The predicted molar refractivity (Wildman–Crippen MR) is 223 cm³/mol. The van der Waals surface area contributed by atoms with Crippen molar-refractivity contribution in [3.63, 3.8) is 0 Å². The molecule has 3 saturated carbocycles. The molecule has 0 aliphatic heterocycles. The molecule has 0 amide bonds. The van der Waals surface area contributed by atoms with Crippen molar-refractivity contribution in [3.8, 4) is 16.8 Å². The fourth-order valence-electron chi connectivity index (χ4n) is 11.2. The molecule has 0 bridgehead atoms. The van der Waals surface area contributed by atoms with Gasteiger partial charge in [0, 0.05) is 38.6 Å². The molecule has 0 spiro atoms. The van der Waals surface area contributed by atoms with Gasteiger partial charge in [-0.3, -0.25) is 0 Å². The van der Waals surface area contributed by atoms with E-state index in [1.807, 2.05) is 0 Å². The van der Waals surface area contributed by atoms with Crippen LogP contribution in [-0.4, -0.2) is 4.57 Å². The highest BCUT2D eigenvalue weighted by atomic mass is 16.3. The minimum atomic E-state index is 0.351. The van der Waals surface area contributed by atoms with Gasteiger partial charge in [0.2, 0.25) is 0 Å². The Kier molecular flexibility index (Phi) is 6.46. The zero-order valence-electron chi connectivity index (χ0n) is 30.2. The summed E-state index contributed by atoms with van der Waals surface area (Å²) < 4.78 is 9.08. The summed E-state index contributed by atoms with van der Waals surface area (Å²) in [6.45, 7) is 0. The Morgan fingerprint density at radius 3 is 2.11 bits per heavy atom. The van der Waals surface area contributed by atoms with Gasteiger partial charge in [-0.25, -0.2) is 0 Å². The third-order valence-corrected chi connectivity index (χ3v) is 13.5. The topological polar surface area (TPSA) is 21.3 Å². The molecule has 3 nitrogen and oxygen atoms in total. The molecule has 0 saturated heterocycles. The van der Waals surface area contributed by atoms with Gasteiger partial charge >= 0.3 is 0 Å². The normalized spacial score (nSPS) is 21.6. The number of hydrogen-bond donors (Lipinski definition) is 0. The molecule has 9 aromatic rings. The Balaban J connectivity index is 0.980. The van der Waals surface area contributed by atoms with E-state index in [0.717, 1.165) is 56.8 Å². The summed E-state index contributed by atoms with van der Waals surface area (Å²) in [6.07, 6.45) is 6.94. The number of anilines is 3. The molecule has 7 aromatic carbocycles. The Labute approximate surface area is 315 Å². The van der Waals surface area contributed by atoms with Crippen molar-refractivity contribution in [2.45, 2.75) is 37.5 Å². The summed E-state index contributed by atoms with van der Waals surface area (Å²) in [5.74, 6) is 2.76. The summed E-state index contributed by atoms with van der Waals surface area (Å²) in [5, 5.41) is 4.85. The standard InChI is InChI=1S/C51H40N2O/c1-4-20-45-41(16-1)42-17-2-5-21-46(42)53(45)39-14-7-11-34(30-39)33-24-26-38(27-25-33)52(47-22-9-19-44-43-18-3-6-23-48(43)54-50(44)47)40-15-8-13-37(31-40)51-28-10-12-35-29-36(32-51)49(35)51/h1-9,11,13-27,30-31,35-36,49H,10,12,28-29,32H2/t35?,36-,49?,51?/m0/s1. The maximum absolute atomic E-state index is 6.68. The highest BCUT2D eigenvalue weighted by molar-refractivity contribution is 6.11. The number of furan rings is 1. The molecule has 2 aromatic heterocycles. The van der Waals surface area contributed by atoms with Crippen LogP contribution in [0.3, 0.4) is 0 Å². The number of benzene rings is 7. The van der Waals surface area contributed by atoms with Crippen LogP contribution in [0, 0.1) is 17.8 Å². The first-order valence-corrected chi connectivity index (χ1v) is 19.7. The average molecular weight is 697 g/mol. The number of nitrogens with zero attached hydrogens (tertiary/aromatic N) is 2. The average Bonchev–Trinajstić information content (AvgIpc) is 3.76. The van der Waals surface area contributed by atoms with Crippen LogP contribution >= 0.6 is 0 Å². The molecule has 3 fully saturated rings. The van der Waals surface area contributed by atoms with Crippen molar-refractivity contribution in [2.24, 2.45) is 17.8 Å². The Morgan fingerprint density at radius 2 is 1.30 bits per heavy atom. The van der Waals surface area contributed by atoms with Gasteiger partial charge in [0.25, 0.3) is 0 Å². The van der Waals surface area contributed by atoms with Gasteiger partial charge in [-0.15, -0.1) is 0 Å². The summed E-state index contributed by atoms with van der Waals surface area (Å²) in [6, 6.07) is 60.1. The summed E-state index contributed by atoms with van der Waals surface area (Å²) in [7, 11) is 0. The molecule has 3 aliphatic rings. The van der Waals surface area contributed by atoms with E-state index in [9.17, 15) is 0 Å². The third kappa shape index (κ3) is 4.30. The van der Waals surface area contributed by atoms with Gasteiger partial charge in [0.05, 0.1) is 16.7 Å². The molecule has 0 N–H and O–H groups in total. The zero-order chi connectivity index (χ0) is 35.4. The molecule has 0 radical (unpaired) electrons. The first-order valence-electron chi connectivity index (χ1n) is 19.7. The van der Waals surface area contributed by atoms with E-state index in [0.29, 0.717) is 5.41 Å². The molecular formula is C51H40N2O. The van der Waals surface area contributed by atoms with Crippen molar-refractivity contribution in [1.82, 2.24) is 4.57 Å². The van der Waals surface area contributed by atoms with E-state index in [1.54, 1.807) is 0 Å². The molecule has 3 unspecified atom stereocenters. The zero-order valence-corrected chi connectivity index (χ0v) is 30.2. The van der Waals surface area contributed by atoms with Gasteiger partial charge in [-0.05, 0) is 120 Å². The van der Waals surface area contributed by atoms with Crippen LogP contribution in [-0.2, 0) is 5.41 Å². The molecule has 3 aliphatic carbocycles. The molecule has 54 heavy (non-hydrogen) atoms. The predicted octanol–water partition coefficient (Wildman–Crippen LogP) is 13.9. The number of para-hydroxylation sites is 4. The van der Waals surface area contributed by atoms with Crippen LogP contribution in [0.25, 0.3) is 60.6 Å². The summed E-state index contributed by atoms with van der Waals surface area (Å²) in [5.41, 5.74) is 13.1. The van der Waals surface area contributed by atoms with Crippen LogP contribution in [0.1, 0.15) is 37.7 Å². The highest BCUT2D eigenvalue weighted by Crippen LogP contribution is 2.70. The van der Waals surface area contributed by atoms with Gasteiger partial charge in [0.15, 0.2) is 5.58 Å². The van der Waals surface area contributed by atoms with E-state index in [4.69, 9.17) is 4.42 Å². The fourth-order valence-corrected chi connectivity index (χ4v) is 11.2. The van der Waals surface area contributed by atoms with Crippen LogP contribution in [0.4, 0.5) is 17.1 Å². The molecule has 260 valence electrons. The second kappa shape index (κ2) is 11.5. The lowest BCUT2D eigenvalue weighted by Gasteiger charge is -2.69. The molecular weight excluding hydrogens is 657 g/mol. The monoisotopic (exact) mass is 696 g/mol. The highest BCUT2D eigenvalue weighted by Gasteiger charge is 2.64. The van der Waals surface area contributed by atoms with Gasteiger partial charge in [-0.1, -0.05) is 116 Å². The van der Waals surface area contributed by atoms with E-state index in [2.05, 4.69) is 173 Å². The van der Waals surface area contributed by atoms with E-state index < -0.39 is 0 Å². The van der Waals surface area contributed by atoms with Crippen LogP contribution in [0.2, 0.25) is 0 Å². The lowest BCUT2D eigenvalue weighted by atomic mass is 9.35. The minimum Gasteiger partial charge on any atom is -0.454 e. The summed E-state index contributed by atoms with van der Waals surface area (Å²) >= 11 is 0. The lowest BCUT2D eigenvalue weighted by molar-refractivity contribution is -0.145. The minimum absolute atomic E-state index is 0.351. The lowest BCUT2D eigenvalue weighted by Crippen LogP contribution is -2.63. The van der Waals surface area contributed by atoms with E-state index in [1.165, 1.54) is 76.3 Å². The molecule has 12 rings (SSSR count). The SMILES string of the molecule is c1cc(-c2ccc(N(c3cccc(C45CCCC6C[C@@H](C4)C65)c3)c3cccc4c3oc3ccccc34)cc2)cc(-n2c3ccccc3c3ccccc32)c1. The molecule has 4 atom stereocenters. The van der Waals surface area contributed by atoms with Crippen molar-refractivity contribution >= 4 is 60.8 Å². The van der Waals surface area contributed by atoms with Crippen molar-refractivity contribution < 1.29 is 4.42 Å². The first-order chi connectivity index (χ1) is 26.7. The Morgan fingerprint density at radius 1 is 0.574 bits per heavy atom.